The fourth-order valence-electron chi connectivity index (χ4n) is 2.43. The van der Waals surface area contributed by atoms with Crippen molar-refractivity contribution >= 4 is 17.7 Å². The lowest BCUT2D eigenvalue weighted by Crippen LogP contribution is -2.07. The Morgan fingerprint density at radius 3 is 2.78 bits per heavy atom. The van der Waals surface area contributed by atoms with E-state index in [-0.39, 0.29) is 25.0 Å². The molecule has 0 unspecified atom stereocenters. The summed E-state index contributed by atoms with van der Waals surface area (Å²) in [5.74, 6) is 1.29. The molecule has 0 atom stereocenters. The lowest BCUT2D eigenvalue weighted by molar-refractivity contribution is -0.141. The molecule has 6 nitrogen and oxygen atoms in total. The molecule has 0 saturated carbocycles. The normalized spacial score (nSPS) is 12.2. The van der Waals surface area contributed by atoms with Crippen LogP contribution in [0.2, 0.25) is 0 Å². The molecule has 0 spiro atoms. The zero-order valence-corrected chi connectivity index (χ0v) is 14.8. The second-order valence-electron chi connectivity index (χ2n) is 5.65. The lowest BCUT2D eigenvalue weighted by atomic mass is 10.1. The Morgan fingerprint density at radius 2 is 1.93 bits per heavy atom. The number of carbonyl (C=O) groups excluding carboxylic acids is 1. The summed E-state index contributed by atoms with van der Waals surface area (Å²) in [6.07, 6.45) is 0. The van der Waals surface area contributed by atoms with Crippen LogP contribution < -0.4 is 9.47 Å². The van der Waals surface area contributed by atoms with Crippen molar-refractivity contribution in [3.63, 3.8) is 0 Å². The van der Waals surface area contributed by atoms with Crippen molar-refractivity contribution in [1.29, 1.82) is 0 Å². The van der Waals surface area contributed by atoms with Gasteiger partial charge >= 0.3 is 5.97 Å². The number of rotatable bonds is 6. The Labute approximate surface area is 158 Å². The average Bonchev–Trinajstić information content (AvgIpc) is 3.34. The number of thioether (sulfide) groups is 1. The molecule has 138 valence electrons. The maximum absolute atomic E-state index is 12.9. The molecule has 2 heterocycles. The first kappa shape index (κ1) is 17.4. The van der Waals surface area contributed by atoms with Crippen molar-refractivity contribution in [3.8, 4) is 22.8 Å². The number of aromatic nitrogens is 1. The summed E-state index contributed by atoms with van der Waals surface area (Å²) in [6.45, 7) is 0.211. The molecular formula is C19H14FNO5S. The third-order valence-corrected chi connectivity index (χ3v) is 4.75. The summed E-state index contributed by atoms with van der Waals surface area (Å²) < 4.78 is 34.0. The van der Waals surface area contributed by atoms with Gasteiger partial charge in [0.15, 0.2) is 17.3 Å². The maximum atomic E-state index is 12.9. The third-order valence-electron chi connectivity index (χ3n) is 3.77. The molecule has 8 heteroatoms. The fourth-order valence-corrected chi connectivity index (χ4v) is 3.13. The summed E-state index contributed by atoms with van der Waals surface area (Å²) in [4.78, 5) is 12.6. The van der Waals surface area contributed by atoms with E-state index >= 15 is 0 Å². The standard InChI is InChI=1S/C19H14FNO5S/c20-13-2-4-15(5-3-13)27-10-19(22)23-9-14-8-17(26-21-14)12-1-6-16-18(7-12)25-11-24-16/h1-8H,9-11H2. The highest BCUT2D eigenvalue weighted by Crippen LogP contribution is 2.36. The number of hydrogen-bond donors (Lipinski definition) is 0. The van der Waals surface area contributed by atoms with Gasteiger partial charge in [-0.25, -0.2) is 4.39 Å². The summed E-state index contributed by atoms with van der Waals surface area (Å²) in [5.41, 5.74) is 1.29. The van der Waals surface area contributed by atoms with Crippen molar-refractivity contribution in [3.05, 3.63) is 60.0 Å². The highest BCUT2D eigenvalue weighted by atomic mass is 32.2. The first-order valence-electron chi connectivity index (χ1n) is 8.07. The number of halogens is 1. The molecule has 0 amide bonds. The first-order chi connectivity index (χ1) is 13.2. The minimum absolute atomic E-state index is 0.0108. The number of fused-ring (bicyclic) bond motifs is 1. The van der Waals surface area contributed by atoms with Gasteiger partial charge in [-0.1, -0.05) is 5.16 Å². The molecule has 1 aliphatic heterocycles. The van der Waals surface area contributed by atoms with Crippen molar-refractivity contribution < 1.29 is 27.9 Å². The average molecular weight is 387 g/mol. The Morgan fingerprint density at radius 1 is 1.11 bits per heavy atom. The Balaban J connectivity index is 1.30. The van der Waals surface area contributed by atoms with Gasteiger partial charge in [0.25, 0.3) is 0 Å². The van der Waals surface area contributed by atoms with Gasteiger partial charge in [0.1, 0.15) is 18.1 Å². The fraction of sp³-hybridized carbons (Fsp3) is 0.158. The van der Waals surface area contributed by atoms with E-state index in [1.807, 2.05) is 6.07 Å². The molecule has 1 aliphatic rings. The number of esters is 1. The minimum Gasteiger partial charge on any atom is -0.458 e. The van der Waals surface area contributed by atoms with Crippen LogP contribution in [0.25, 0.3) is 11.3 Å². The van der Waals surface area contributed by atoms with E-state index in [2.05, 4.69) is 5.16 Å². The first-order valence-corrected chi connectivity index (χ1v) is 9.05. The summed E-state index contributed by atoms with van der Waals surface area (Å²) in [6, 6.07) is 13.1. The van der Waals surface area contributed by atoms with E-state index in [4.69, 9.17) is 18.7 Å². The van der Waals surface area contributed by atoms with Crippen molar-refractivity contribution in [2.45, 2.75) is 11.5 Å². The SMILES string of the molecule is O=C(CSc1ccc(F)cc1)OCc1cc(-c2ccc3c(c2)OCO3)on1. The molecule has 4 rings (SSSR count). The van der Waals surface area contributed by atoms with Crippen LogP contribution in [0.1, 0.15) is 5.69 Å². The zero-order chi connectivity index (χ0) is 18.6. The second kappa shape index (κ2) is 7.71. The molecule has 0 fully saturated rings. The topological polar surface area (TPSA) is 70.8 Å². The summed E-state index contributed by atoms with van der Waals surface area (Å²) >= 11 is 1.28. The molecule has 0 aliphatic carbocycles. The van der Waals surface area contributed by atoms with Gasteiger partial charge in [0, 0.05) is 16.5 Å². The number of benzene rings is 2. The van der Waals surface area contributed by atoms with Gasteiger partial charge in [-0.05, 0) is 42.5 Å². The van der Waals surface area contributed by atoms with E-state index in [1.54, 1.807) is 30.3 Å². The maximum Gasteiger partial charge on any atom is 0.316 e. The Hall–Kier alpha value is -3.00. The molecule has 0 bridgehead atoms. The number of ether oxygens (including phenoxy) is 3. The quantitative estimate of drug-likeness (QED) is 0.467. The van der Waals surface area contributed by atoms with Crippen LogP contribution in [0.15, 0.2) is 57.9 Å². The minimum atomic E-state index is -0.392. The van der Waals surface area contributed by atoms with E-state index in [0.717, 1.165) is 10.5 Å². The molecule has 27 heavy (non-hydrogen) atoms. The van der Waals surface area contributed by atoms with Gasteiger partial charge in [-0.15, -0.1) is 11.8 Å². The lowest BCUT2D eigenvalue weighted by Gasteiger charge is -2.02. The molecule has 3 aromatic rings. The summed E-state index contributed by atoms with van der Waals surface area (Å²) in [7, 11) is 0. The monoisotopic (exact) mass is 387 g/mol. The van der Waals surface area contributed by atoms with Gasteiger partial charge < -0.3 is 18.7 Å². The van der Waals surface area contributed by atoms with E-state index in [9.17, 15) is 9.18 Å². The van der Waals surface area contributed by atoms with Crippen LogP contribution in [-0.2, 0) is 16.1 Å². The smallest absolute Gasteiger partial charge is 0.316 e. The van der Waals surface area contributed by atoms with Gasteiger partial charge in [0.2, 0.25) is 6.79 Å². The molecule has 0 saturated heterocycles. The van der Waals surface area contributed by atoms with E-state index in [1.165, 1.54) is 23.9 Å². The van der Waals surface area contributed by atoms with Gasteiger partial charge in [-0.2, -0.15) is 0 Å². The van der Waals surface area contributed by atoms with Crippen LogP contribution in [0, 0.1) is 5.82 Å². The predicted molar refractivity (Wildman–Crippen MR) is 95.0 cm³/mol. The van der Waals surface area contributed by atoms with Crippen LogP contribution in [0.5, 0.6) is 11.5 Å². The Bertz CT molecular complexity index is 957. The summed E-state index contributed by atoms with van der Waals surface area (Å²) in [5, 5.41) is 3.91. The highest BCUT2D eigenvalue weighted by Gasteiger charge is 2.16. The van der Waals surface area contributed by atoms with Crippen molar-refractivity contribution in [2.24, 2.45) is 0 Å². The second-order valence-corrected chi connectivity index (χ2v) is 6.70. The molecular weight excluding hydrogens is 373 g/mol. The molecule has 0 radical (unpaired) electrons. The zero-order valence-electron chi connectivity index (χ0n) is 14.0. The molecule has 2 aromatic carbocycles. The number of hydrogen-bond acceptors (Lipinski definition) is 7. The number of nitrogens with zero attached hydrogens (tertiary/aromatic N) is 1. The van der Waals surface area contributed by atoms with E-state index < -0.39 is 5.97 Å². The van der Waals surface area contributed by atoms with Gasteiger partial charge in [-0.3, -0.25) is 4.79 Å². The van der Waals surface area contributed by atoms with Crippen LogP contribution >= 0.6 is 11.8 Å². The van der Waals surface area contributed by atoms with Crippen molar-refractivity contribution in [1.82, 2.24) is 5.16 Å². The van der Waals surface area contributed by atoms with Crippen molar-refractivity contribution in [2.75, 3.05) is 12.5 Å². The van der Waals surface area contributed by atoms with Crippen LogP contribution in [0.4, 0.5) is 4.39 Å². The Kier molecular flexibility index (Phi) is 4.97. The van der Waals surface area contributed by atoms with Crippen LogP contribution in [0.3, 0.4) is 0 Å². The molecule has 0 N–H and O–H groups in total. The largest absolute Gasteiger partial charge is 0.458 e. The molecule has 1 aromatic heterocycles. The van der Waals surface area contributed by atoms with Gasteiger partial charge in [0.05, 0.1) is 5.75 Å². The predicted octanol–water partition coefficient (Wildman–Crippen LogP) is 4.04. The van der Waals surface area contributed by atoms with E-state index in [0.29, 0.717) is 23.0 Å². The highest BCUT2D eigenvalue weighted by molar-refractivity contribution is 8.00. The third kappa shape index (κ3) is 4.22. The van der Waals surface area contributed by atoms with Crippen LogP contribution in [-0.4, -0.2) is 23.7 Å². The number of carbonyl (C=O) groups is 1.